The summed E-state index contributed by atoms with van der Waals surface area (Å²) in [7, 11) is 0. The van der Waals surface area contributed by atoms with Gasteiger partial charge in [-0.05, 0) is 48.6 Å². The molecule has 1 heterocycles. The van der Waals surface area contributed by atoms with E-state index in [0.29, 0.717) is 18.7 Å². The molecule has 1 saturated heterocycles. The van der Waals surface area contributed by atoms with E-state index in [2.05, 4.69) is 22.6 Å². The minimum atomic E-state index is -4.91. The standard InChI is InChI=1S/C22H21F6IO2/c1-13(16-9-17(21(23,24)25)11-18(10-16)22(26,27)28)31-20-19(14-5-3-2-4-6-14)15(12-29)7-8-30-20/h2-6,9-11,13,15,19-20H,7-8,12H2,1H3/t13?,15-,19-,20+/m0/s1. The SMILES string of the molecule is CC(O[C@H]1OCC[C@@H](CI)[C@@H]1c1ccccc1)c1cc(C(F)(F)F)cc(C(F)(F)F)c1. The van der Waals surface area contributed by atoms with Crippen molar-refractivity contribution in [3.8, 4) is 0 Å². The maximum absolute atomic E-state index is 13.2. The molecule has 1 aliphatic rings. The molecule has 2 aromatic rings. The lowest BCUT2D eigenvalue weighted by Crippen LogP contribution is -2.38. The van der Waals surface area contributed by atoms with Crippen molar-refractivity contribution < 1.29 is 35.8 Å². The molecule has 0 spiro atoms. The first kappa shape index (κ1) is 24.3. The van der Waals surface area contributed by atoms with Gasteiger partial charge in [0.05, 0.1) is 23.8 Å². The number of halogens is 7. The summed E-state index contributed by atoms with van der Waals surface area (Å²) in [5.41, 5.74) is -1.96. The average Bonchev–Trinajstić information content (AvgIpc) is 2.72. The molecule has 0 aliphatic carbocycles. The molecule has 1 aliphatic heterocycles. The third-order valence-electron chi connectivity index (χ3n) is 5.37. The predicted molar refractivity (Wildman–Crippen MR) is 112 cm³/mol. The van der Waals surface area contributed by atoms with Crippen LogP contribution < -0.4 is 0 Å². The minimum Gasteiger partial charge on any atom is -0.352 e. The third-order valence-corrected chi connectivity index (χ3v) is 6.50. The summed E-state index contributed by atoms with van der Waals surface area (Å²) in [4.78, 5) is 0. The van der Waals surface area contributed by atoms with E-state index in [0.717, 1.165) is 16.4 Å². The Morgan fingerprint density at radius 2 is 1.58 bits per heavy atom. The van der Waals surface area contributed by atoms with Crippen LogP contribution in [0.5, 0.6) is 0 Å². The number of rotatable bonds is 5. The molecule has 0 N–H and O–H groups in total. The van der Waals surface area contributed by atoms with Gasteiger partial charge in [0.1, 0.15) is 0 Å². The zero-order chi connectivity index (χ0) is 22.8. The van der Waals surface area contributed by atoms with Crippen molar-refractivity contribution in [2.45, 2.75) is 44.0 Å². The molecule has 170 valence electrons. The molecule has 2 nitrogen and oxygen atoms in total. The van der Waals surface area contributed by atoms with Crippen LogP contribution in [0.2, 0.25) is 0 Å². The van der Waals surface area contributed by atoms with Crippen molar-refractivity contribution in [3.05, 3.63) is 70.8 Å². The molecular formula is C22H21F6IO2. The number of alkyl halides is 7. The molecule has 0 amide bonds. The molecule has 4 atom stereocenters. The molecule has 0 saturated carbocycles. The van der Waals surface area contributed by atoms with Gasteiger partial charge in [-0.1, -0.05) is 52.9 Å². The quantitative estimate of drug-likeness (QED) is 0.217. The molecule has 0 aromatic heterocycles. The summed E-state index contributed by atoms with van der Waals surface area (Å²) >= 11 is 2.27. The Bertz CT molecular complexity index is 836. The van der Waals surface area contributed by atoms with Gasteiger partial charge in [0.25, 0.3) is 0 Å². The molecule has 1 unspecified atom stereocenters. The molecule has 0 bridgehead atoms. The Kier molecular flexibility index (Phi) is 7.58. The first-order valence-corrected chi connectivity index (χ1v) is 11.2. The fourth-order valence-electron chi connectivity index (χ4n) is 3.74. The highest BCUT2D eigenvalue weighted by molar-refractivity contribution is 14.1. The Morgan fingerprint density at radius 1 is 1.00 bits per heavy atom. The van der Waals surface area contributed by atoms with Crippen LogP contribution in [-0.2, 0) is 21.8 Å². The van der Waals surface area contributed by atoms with Crippen LogP contribution >= 0.6 is 22.6 Å². The van der Waals surface area contributed by atoms with Crippen molar-refractivity contribution in [2.75, 3.05) is 11.0 Å². The van der Waals surface area contributed by atoms with E-state index < -0.39 is 35.9 Å². The largest absolute Gasteiger partial charge is 0.416 e. The summed E-state index contributed by atoms with van der Waals surface area (Å²) in [6.07, 6.45) is -10.8. The highest BCUT2D eigenvalue weighted by Crippen LogP contribution is 2.41. The smallest absolute Gasteiger partial charge is 0.352 e. The zero-order valence-electron chi connectivity index (χ0n) is 16.5. The van der Waals surface area contributed by atoms with Crippen LogP contribution in [0.15, 0.2) is 48.5 Å². The van der Waals surface area contributed by atoms with E-state index >= 15 is 0 Å². The topological polar surface area (TPSA) is 18.5 Å². The monoisotopic (exact) mass is 558 g/mol. The van der Waals surface area contributed by atoms with Gasteiger partial charge >= 0.3 is 12.4 Å². The Morgan fingerprint density at radius 3 is 2.10 bits per heavy atom. The second-order valence-electron chi connectivity index (χ2n) is 7.50. The van der Waals surface area contributed by atoms with E-state index in [9.17, 15) is 26.3 Å². The van der Waals surface area contributed by atoms with Crippen molar-refractivity contribution in [1.82, 2.24) is 0 Å². The van der Waals surface area contributed by atoms with Gasteiger partial charge in [0.2, 0.25) is 0 Å². The van der Waals surface area contributed by atoms with Gasteiger partial charge in [-0.25, -0.2) is 0 Å². The van der Waals surface area contributed by atoms with Crippen molar-refractivity contribution in [2.24, 2.45) is 5.92 Å². The molecule has 0 radical (unpaired) electrons. The van der Waals surface area contributed by atoms with Crippen molar-refractivity contribution in [1.29, 1.82) is 0 Å². The highest BCUT2D eigenvalue weighted by atomic mass is 127. The van der Waals surface area contributed by atoms with Gasteiger partial charge < -0.3 is 9.47 Å². The third kappa shape index (κ3) is 5.92. The van der Waals surface area contributed by atoms with Gasteiger partial charge in [-0.2, -0.15) is 26.3 Å². The van der Waals surface area contributed by atoms with E-state index in [4.69, 9.17) is 9.47 Å². The van der Waals surface area contributed by atoms with Gasteiger partial charge in [0.15, 0.2) is 6.29 Å². The summed E-state index contributed by atoms with van der Waals surface area (Å²) in [6.45, 7) is 1.85. The maximum Gasteiger partial charge on any atom is 0.416 e. The molecular weight excluding hydrogens is 537 g/mol. The minimum absolute atomic E-state index is 0.117. The highest BCUT2D eigenvalue weighted by Gasteiger charge is 2.39. The zero-order valence-corrected chi connectivity index (χ0v) is 18.7. The lowest BCUT2D eigenvalue weighted by atomic mass is 9.83. The number of hydrogen-bond acceptors (Lipinski definition) is 2. The van der Waals surface area contributed by atoms with E-state index in [1.165, 1.54) is 6.92 Å². The van der Waals surface area contributed by atoms with Crippen molar-refractivity contribution in [3.63, 3.8) is 0 Å². The second kappa shape index (κ2) is 9.66. The van der Waals surface area contributed by atoms with Gasteiger partial charge in [-0.15, -0.1) is 0 Å². The molecule has 1 fully saturated rings. The van der Waals surface area contributed by atoms with Crippen LogP contribution in [0.3, 0.4) is 0 Å². The average molecular weight is 558 g/mol. The van der Waals surface area contributed by atoms with Crippen LogP contribution in [0.4, 0.5) is 26.3 Å². The van der Waals surface area contributed by atoms with Gasteiger partial charge in [0, 0.05) is 10.3 Å². The fraction of sp³-hybridized carbons (Fsp3) is 0.455. The number of ether oxygens (including phenoxy) is 2. The van der Waals surface area contributed by atoms with Gasteiger partial charge in [-0.3, -0.25) is 0 Å². The summed E-state index contributed by atoms with van der Waals surface area (Å²) in [5, 5.41) is 0. The Hall–Kier alpha value is -1.33. The molecule has 3 rings (SSSR count). The fourth-order valence-corrected chi connectivity index (χ4v) is 4.72. The van der Waals surface area contributed by atoms with E-state index in [1.54, 1.807) is 0 Å². The lowest BCUT2D eigenvalue weighted by molar-refractivity contribution is -0.207. The number of hydrogen-bond donors (Lipinski definition) is 0. The summed E-state index contributed by atoms with van der Waals surface area (Å²) in [5.74, 6) is 0.0309. The predicted octanol–water partition coefficient (Wildman–Crippen LogP) is 7.38. The summed E-state index contributed by atoms with van der Waals surface area (Å²) in [6, 6.07) is 11.0. The Labute approximate surface area is 190 Å². The van der Waals surface area contributed by atoms with Crippen LogP contribution in [-0.4, -0.2) is 17.3 Å². The summed E-state index contributed by atoms with van der Waals surface area (Å²) < 4.78 is 91.8. The molecule has 31 heavy (non-hydrogen) atoms. The molecule has 2 aromatic carbocycles. The van der Waals surface area contributed by atoms with Crippen molar-refractivity contribution >= 4 is 22.6 Å². The van der Waals surface area contributed by atoms with Crippen LogP contribution in [0.25, 0.3) is 0 Å². The first-order chi connectivity index (χ1) is 14.5. The normalized spacial score (nSPS) is 23.5. The molecule has 9 heteroatoms. The van der Waals surface area contributed by atoms with Crippen LogP contribution in [0, 0.1) is 5.92 Å². The van der Waals surface area contributed by atoms with E-state index in [1.807, 2.05) is 30.3 Å². The lowest BCUT2D eigenvalue weighted by Gasteiger charge is -2.39. The van der Waals surface area contributed by atoms with E-state index in [-0.39, 0.29) is 23.5 Å². The maximum atomic E-state index is 13.2. The first-order valence-electron chi connectivity index (χ1n) is 9.68. The second-order valence-corrected chi connectivity index (χ2v) is 8.38. The Balaban J connectivity index is 1.92. The van der Waals surface area contributed by atoms with Crippen LogP contribution in [0.1, 0.15) is 47.6 Å². The number of benzene rings is 2.